The van der Waals surface area contributed by atoms with Crippen molar-refractivity contribution in [1.29, 1.82) is 0 Å². The van der Waals surface area contributed by atoms with E-state index in [4.69, 9.17) is 5.11 Å². The van der Waals surface area contributed by atoms with Crippen LogP contribution in [0.15, 0.2) is 18.2 Å². The van der Waals surface area contributed by atoms with Crippen LogP contribution in [0.4, 0.5) is 10.1 Å². The second-order valence-electron chi connectivity index (χ2n) is 1.89. The van der Waals surface area contributed by atoms with Crippen LogP contribution in [0, 0.1) is 15.9 Å². The molecule has 0 aliphatic carbocycles. The van der Waals surface area contributed by atoms with E-state index in [-0.39, 0.29) is 57.1 Å². The molecule has 60 valence electrons. The van der Waals surface area contributed by atoms with Gasteiger partial charge in [0.2, 0.25) is 0 Å². The molecule has 0 heterocycles. The third kappa shape index (κ3) is 2.79. The van der Waals surface area contributed by atoms with E-state index in [1.54, 1.807) is 0 Å². The normalized spacial score (nSPS) is 8.75. The Morgan fingerprint density at radius 1 is 1.50 bits per heavy atom. The third-order valence-electron chi connectivity index (χ3n) is 1.14. The van der Waals surface area contributed by atoms with Crippen LogP contribution in [0.1, 0.15) is 0 Å². The zero-order valence-electron chi connectivity index (χ0n) is 5.32. The Bertz CT molecular complexity index is 305. The van der Waals surface area contributed by atoms with Crippen LogP contribution in [0.2, 0.25) is 0 Å². The van der Waals surface area contributed by atoms with E-state index < -0.39 is 16.5 Å². The number of benzene rings is 1. The fourth-order valence-electron chi connectivity index (χ4n) is 0.609. The van der Waals surface area contributed by atoms with E-state index in [1.165, 1.54) is 0 Å². The van der Waals surface area contributed by atoms with Crippen LogP contribution in [-0.2, 0) is 0 Å². The molecule has 0 aromatic heterocycles. The summed E-state index contributed by atoms with van der Waals surface area (Å²) in [4.78, 5) is 9.29. The molecule has 0 bridgehead atoms. The van der Waals surface area contributed by atoms with Gasteiger partial charge in [0.05, 0.1) is 11.0 Å². The maximum absolute atomic E-state index is 12.4. The molecular weight excluding hydrogens is 192 g/mol. The molecule has 0 radical (unpaired) electrons. The molecule has 1 N–H and O–H groups in total. The SMILES string of the molecule is O=[N+]([O-])c1ccc(O)c(F)c1.[KH]. The van der Waals surface area contributed by atoms with Gasteiger partial charge in [-0.1, -0.05) is 0 Å². The average Bonchev–Trinajstić information content (AvgIpc) is 1.94. The monoisotopic (exact) mass is 197 g/mol. The summed E-state index contributed by atoms with van der Waals surface area (Å²) in [5, 5.41) is 18.6. The molecule has 6 heteroatoms. The molecule has 0 fully saturated rings. The third-order valence-corrected chi connectivity index (χ3v) is 1.14. The number of hydrogen-bond donors (Lipinski definition) is 1. The van der Waals surface area contributed by atoms with E-state index in [2.05, 4.69) is 0 Å². The molecule has 0 saturated carbocycles. The predicted molar refractivity (Wildman–Crippen MR) is 41.9 cm³/mol. The van der Waals surface area contributed by atoms with E-state index in [1.807, 2.05) is 0 Å². The molecule has 0 spiro atoms. The van der Waals surface area contributed by atoms with Crippen molar-refractivity contribution in [2.24, 2.45) is 0 Å². The number of nitro benzene ring substituents is 1. The summed E-state index contributed by atoms with van der Waals surface area (Å²) in [6, 6.07) is 2.63. The van der Waals surface area contributed by atoms with E-state index in [9.17, 15) is 14.5 Å². The molecule has 12 heavy (non-hydrogen) atoms. The minimum atomic E-state index is -0.987. The van der Waals surface area contributed by atoms with Gasteiger partial charge in [-0.15, -0.1) is 0 Å². The standard InChI is InChI=1S/C6H4FNO3.K.H/c7-5-3-4(8(10)11)1-2-6(5)9;;/h1-3,9H;;. The van der Waals surface area contributed by atoms with Crippen molar-refractivity contribution in [3.05, 3.63) is 34.1 Å². The van der Waals surface area contributed by atoms with Crippen LogP contribution >= 0.6 is 0 Å². The van der Waals surface area contributed by atoms with Gasteiger partial charge in [0.25, 0.3) is 5.69 Å². The van der Waals surface area contributed by atoms with Crippen molar-refractivity contribution in [3.8, 4) is 5.75 Å². The van der Waals surface area contributed by atoms with E-state index in [0.29, 0.717) is 6.07 Å². The molecule has 0 saturated heterocycles. The number of phenols is 1. The van der Waals surface area contributed by atoms with Crippen molar-refractivity contribution in [2.45, 2.75) is 0 Å². The molecule has 0 aliphatic rings. The Morgan fingerprint density at radius 3 is 2.50 bits per heavy atom. The quantitative estimate of drug-likeness (QED) is 0.411. The summed E-state index contributed by atoms with van der Waals surface area (Å²) >= 11 is 0. The fourth-order valence-corrected chi connectivity index (χ4v) is 0.609. The fraction of sp³-hybridized carbons (Fsp3) is 0. The molecule has 1 aromatic rings. The van der Waals surface area contributed by atoms with Crippen molar-refractivity contribution >= 4 is 57.1 Å². The van der Waals surface area contributed by atoms with Gasteiger partial charge >= 0.3 is 51.4 Å². The second-order valence-corrected chi connectivity index (χ2v) is 1.89. The van der Waals surface area contributed by atoms with Crippen LogP contribution < -0.4 is 0 Å². The maximum atomic E-state index is 12.4. The number of phenolic OH excluding ortho intramolecular Hbond substituents is 1. The van der Waals surface area contributed by atoms with Gasteiger partial charge in [0.1, 0.15) is 0 Å². The zero-order chi connectivity index (χ0) is 8.43. The summed E-state index contributed by atoms with van der Waals surface area (Å²) in [6.45, 7) is 0. The second kappa shape index (κ2) is 4.88. The summed E-state index contributed by atoms with van der Waals surface area (Å²) < 4.78 is 12.4. The van der Waals surface area contributed by atoms with Crippen molar-refractivity contribution in [1.82, 2.24) is 0 Å². The Kier molecular flexibility index (Phi) is 4.87. The summed E-state index contributed by atoms with van der Waals surface area (Å²) in [6.07, 6.45) is 0. The molecule has 0 atom stereocenters. The first-order valence-electron chi connectivity index (χ1n) is 2.74. The topological polar surface area (TPSA) is 63.4 Å². The number of aromatic hydroxyl groups is 1. The van der Waals surface area contributed by atoms with Crippen molar-refractivity contribution in [3.63, 3.8) is 0 Å². The first kappa shape index (κ1) is 12.0. The zero-order valence-corrected chi connectivity index (χ0v) is 5.32. The first-order chi connectivity index (χ1) is 5.11. The van der Waals surface area contributed by atoms with Crippen molar-refractivity contribution < 1.29 is 14.4 Å². The number of halogens is 1. The number of hydrogen-bond acceptors (Lipinski definition) is 3. The number of non-ortho nitro benzene ring substituents is 1. The average molecular weight is 197 g/mol. The number of nitrogens with zero attached hydrogens (tertiary/aromatic N) is 1. The van der Waals surface area contributed by atoms with Crippen molar-refractivity contribution in [2.75, 3.05) is 0 Å². The van der Waals surface area contributed by atoms with Gasteiger partial charge in [0.15, 0.2) is 11.6 Å². The molecule has 0 unspecified atom stereocenters. The van der Waals surface area contributed by atoms with Gasteiger partial charge in [-0.2, -0.15) is 0 Å². The van der Waals surface area contributed by atoms with Crippen LogP contribution in [0.3, 0.4) is 0 Å². The molecular formula is C6H5FKNO3. The summed E-state index contributed by atoms with van der Waals surface area (Å²) in [5.74, 6) is -1.57. The Morgan fingerprint density at radius 2 is 2.08 bits per heavy atom. The molecule has 4 nitrogen and oxygen atoms in total. The summed E-state index contributed by atoms with van der Waals surface area (Å²) in [5.41, 5.74) is -0.375. The molecule has 1 rings (SSSR count). The number of rotatable bonds is 1. The van der Waals surface area contributed by atoms with Gasteiger partial charge < -0.3 is 5.11 Å². The first-order valence-corrected chi connectivity index (χ1v) is 2.74. The molecule has 1 aromatic carbocycles. The Hall–Kier alpha value is -0.0136. The molecule has 0 amide bonds. The summed E-state index contributed by atoms with van der Waals surface area (Å²) in [7, 11) is 0. The van der Waals surface area contributed by atoms with Crippen LogP contribution in [0.5, 0.6) is 5.75 Å². The van der Waals surface area contributed by atoms with E-state index in [0.717, 1.165) is 12.1 Å². The Balaban J connectivity index is 0.00000121. The van der Waals surface area contributed by atoms with Gasteiger partial charge in [-0.25, -0.2) is 4.39 Å². The minimum absolute atomic E-state index is 0. The van der Waals surface area contributed by atoms with Crippen LogP contribution in [0.25, 0.3) is 0 Å². The predicted octanol–water partition coefficient (Wildman–Crippen LogP) is 0.791. The Labute approximate surface area is 110 Å². The van der Waals surface area contributed by atoms with E-state index >= 15 is 0 Å². The van der Waals surface area contributed by atoms with Gasteiger partial charge in [-0.3, -0.25) is 10.1 Å². The van der Waals surface area contributed by atoms with Gasteiger partial charge in [0, 0.05) is 6.07 Å². The molecule has 0 aliphatic heterocycles. The van der Waals surface area contributed by atoms with Crippen LogP contribution in [-0.4, -0.2) is 61.4 Å². The number of nitro groups is 1. The van der Waals surface area contributed by atoms with Gasteiger partial charge in [-0.05, 0) is 6.07 Å².